The molecule has 22 heteroatoms. The molecule has 0 aromatic heterocycles. The summed E-state index contributed by atoms with van der Waals surface area (Å²) in [5, 5.41) is 23.7. The van der Waals surface area contributed by atoms with E-state index >= 15 is 0 Å². The predicted octanol–water partition coefficient (Wildman–Crippen LogP) is 4.14. The normalized spacial score (nSPS) is 20.3. The van der Waals surface area contributed by atoms with Crippen molar-refractivity contribution in [2.75, 3.05) is 29.5 Å². The van der Waals surface area contributed by atoms with E-state index in [2.05, 4.69) is 5.32 Å². The van der Waals surface area contributed by atoms with Crippen LogP contribution in [0, 0.1) is 0 Å². The van der Waals surface area contributed by atoms with Gasteiger partial charge in [-0.1, -0.05) is 26.0 Å². The number of carboxylic acids is 1. The number of rotatable bonds is 17. The van der Waals surface area contributed by atoms with Crippen molar-refractivity contribution in [3.05, 3.63) is 94.4 Å². The average molecular weight is 943 g/mol. The van der Waals surface area contributed by atoms with Crippen LogP contribution in [0.2, 0.25) is 0 Å². The minimum Gasteiger partial charge on any atom is -0.480 e. The molecule has 2 heterocycles. The van der Waals surface area contributed by atoms with Crippen molar-refractivity contribution in [1.29, 1.82) is 0 Å². The van der Waals surface area contributed by atoms with Crippen LogP contribution >= 0.6 is 0 Å². The van der Waals surface area contributed by atoms with Gasteiger partial charge in [-0.3, -0.25) is 18.2 Å². The first kappa shape index (κ1) is 48.8. The number of carboxylic acid groups (broad SMARTS) is 1. The van der Waals surface area contributed by atoms with E-state index in [9.17, 15) is 66.9 Å². The Bertz CT molecular complexity index is 2770. The number of nitrogens with zero attached hydrogens (tertiary/aromatic N) is 2. The van der Waals surface area contributed by atoms with Gasteiger partial charge < -0.3 is 20.4 Å². The maximum Gasteiger partial charge on any atom is 0.328 e. The fraction of sp³-hybridized carbons (Fsp3) is 0.450. The lowest BCUT2D eigenvalue weighted by Gasteiger charge is -2.29. The van der Waals surface area contributed by atoms with E-state index in [1.165, 1.54) is 43.3 Å². The number of hydrogen-bond acceptors (Lipinski definition) is 12. The van der Waals surface area contributed by atoms with Crippen molar-refractivity contribution in [1.82, 2.24) is 5.32 Å². The van der Waals surface area contributed by atoms with Crippen LogP contribution in [0.1, 0.15) is 77.8 Å². The highest BCUT2D eigenvalue weighted by Crippen LogP contribution is 2.49. The standard InChI is InChI=1S/C40H51N3O15S4/c1-25(44)36(38(45)46)41-37-26(11-17-34-39(2,3)30-23-28(61(53,54)55)13-15-32(30)42(34)19-7-21-59(47,48)49)9-6-10-27(37)12-18-35-40(4,5)31-24-29(62(56,57)58)14-16-33(31)43(35)20-8-22-60(50,51)52/h11-18,23-25,36,44H,6-10,19-22H2,1-5H3,(H5,45,46,47,48,49,50,51,52,53,54,55,56,57,58)/p+1/b26-11+,34-17-. The third-order valence-corrected chi connectivity index (χ3v) is 14.7. The zero-order chi connectivity index (χ0) is 46.4. The van der Waals surface area contributed by atoms with Crippen LogP contribution in [0.3, 0.4) is 0 Å². The number of anilines is 1. The molecule has 2 aromatic rings. The van der Waals surface area contributed by atoms with Gasteiger partial charge in [-0.15, -0.1) is 0 Å². The van der Waals surface area contributed by atoms with Gasteiger partial charge >= 0.3 is 5.97 Å². The molecule has 2 atom stereocenters. The molecule has 18 nitrogen and oxygen atoms in total. The van der Waals surface area contributed by atoms with Crippen molar-refractivity contribution in [2.45, 2.75) is 99.5 Å². The maximum absolute atomic E-state index is 12.5. The molecule has 0 amide bonds. The van der Waals surface area contributed by atoms with Gasteiger partial charge in [0.15, 0.2) is 11.8 Å². The first-order valence-electron chi connectivity index (χ1n) is 19.5. The average Bonchev–Trinajstić information content (AvgIpc) is 3.47. The Labute approximate surface area is 362 Å². The summed E-state index contributed by atoms with van der Waals surface area (Å²) in [4.78, 5) is 13.5. The van der Waals surface area contributed by atoms with E-state index in [-0.39, 0.29) is 35.7 Å². The molecule has 2 unspecified atom stereocenters. The minimum absolute atomic E-state index is 0.0123. The molecule has 62 heavy (non-hydrogen) atoms. The molecule has 5 rings (SSSR count). The molecule has 2 aliphatic heterocycles. The van der Waals surface area contributed by atoms with Crippen molar-refractivity contribution < 1.29 is 71.5 Å². The number of benzene rings is 2. The van der Waals surface area contributed by atoms with Crippen molar-refractivity contribution >= 4 is 63.5 Å². The van der Waals surface area contributed by atoms with Crippen molar-refractivity contribution in [3.8, 4) is 0 Å². The second kappa shape index (κ2) is 17.7. The van der Waals surface area contributed by atoms with Gasteiger partial charge in [0.25, 0.3) is 40.5 Å². The van der Waals surface area contributed by atoms with Crippen LogP contribution in [0.15, 0.2) is 93.0 Å². The lowest BCUT2D eigenvalue weighted by molar-refractivity contribution is -0.437. The van der Waals surface area contributed by atoms with Crippen LogP contribution in [0.5, 0.6) is 0 Å². The lowest BCUT2D eigenvalue weighted by atomic mass is 9.81. The number of aliphatic hydroxyl groups is 1. The third-order valence-electron chi connectivity index (χ3n) is 11.4. The van der Waals surface area contributed by atoms with Crippen LogP contribution in [0.4, 0.5) is 11.4 Å². The van der Waals surface area contributed by atoms with E-state index in [0.29, 0.717) is 70.0 Å². The molecule has 7 N–H and O–H groups in total. The number of nitrogens with one attached hydrogen (secondary N) is 1. The molecule has 0 radical (unpaired) electrons. The number of allylic oxidation sites excluding steroid dienone is 7. The largest absolute Gasteiger partial charge is 0.480 e. The van der Waals surface area contributed by atoms with Gasteiger partial charge in [0.2, 0.25) is 5.69 Å². The van der Waals surface area contributed by atoms with E-state index in [0.717, 1.165) is 0 Å². The van der Waals surface area contributed by atoms with Gasteiger partial charge in [-0.25, -0.2) is 4.79 Å². The molecule has 340 valence electrons. The summed E-state index contributed by atoms with van der Waals surface area (Å²) in [5.41, 5.74) is 2.98. The molecule has 0 saturated heterocycles. The number of carbonyl (C=O) groups is 1. The topological polar surface area (TPSA) is 293 Å². The summed E-state index contributed by atoms with van der Waals surface area (Å²) in [5.74, 6) is -2.45. The zero-order valence-corrected chi connectivity index (χ0v) is 37.9. The molecule has 0 saturated carbocycles. The molecule has 0 spiro atoms. The summed E-state index contributed by atoms with van der Waals surface area (Å²) in [7, 11) is -17.8. The summed E-state index contributed by atoms with van der Waals surface area (Å²) >= 11 is 0. The fourth-order valence-corrected chi connectivity index (χ4v) is 10.3. The lowest BCUT2D eigenvalue weighted by Crippen LogP contribution is -2.45. The molecule has 3 aliphatic rings. The Morgan fingerprint density at radius 1 is 0.806 bits per heavy atom. The fourth-order valence-electron chi connectivity index (χ4n) is 8.27. The van der Waals surface area contributed by atoms with Crippen LogP contribution < -0.4 is 10.2 Å². The molecular weight excluding hydrogens is 891 g/mol. The Morgan fingerprint density at radius 3 is 1.95 bits per heavy atom. The van der Waals surface area contributed by atoms with Gasteiger partial charge in [0.1, 0.15) is 6.54 Å². The third kappa shape index (κ3) is 10.9. The van der Waals surface area contributed by atoms with Gasteiger partial charge in [-0.2, -0.15) is 38.2 Å². The van der Waals surface area contributed by atoms with E-state index < -0.39 is 80.9 Å². The van der Waals surface area contributed by atoms with Crippen molar-refractivity contribution in [2.24, 2.45) is 0 Å². The quantitative estimate of drug-likeness (QED) is 0.0866. The Kier molecular flexibility index (Phi) is 13.9. The van der Waals surface area contributed by atoms with Crippen LogP contribution in [-0.4, -0.2) is 115 Å². The Hall–Kier alpha value is -4.26. The molecule has 2 aromatic carbocycles. The van der Waals surface area contributed by atoms with Crippen molar-refractivity contribution in [3.63, 3.8) is 0 Å². The number of hydrogen-bond donors (Lipinski definition) is 7. The highest BCUT2D eigenvalue weighted by Gasteiger charge is 2.45. The van der Waals surface area contributed by atoms with E-state index in [1.54, 1.807) is 33.8 Å². The highest BCUT2D eigenvalue weighted by atomic mass is 32.2. The zero-order valence-electron chi connectivity index (χ0n) is 34.7. The summed E-state index contributed by atoms with van der Waals surface area (Å²) < 4.78 is 136. The first-order valence-corrected chi connectivity index (χ1v) is 25.6. The minimum atomic E-state index is -4.60. The monoisotopic (exact) mass is 942 g/mol. The van der Waals surface area contributed by atoms with Crippen LogP contribution in [-0.2, 0) is 56.1 Å². The number of aliphatic hydroxyl groups excluding tert-OH is 1. The Morgan fingerprint density at radius 2 is 1.39 bits per heavy atom. The van der Waals surface area contributed by atoms with Gasteiger partial charge in [-0.05, 0) is 99.6 Å². The number of fused-ring (bicyclic) bond motifs is 2. The highest BCUT2D eigenvalue weighted by molar-refractivity contribution is 7.86. The second-order valence-electron chi connectivity index (χ2n) is 16.6. The van der Waals surface area contributed by atoms with Crippen LogP contribution in [0.25, 0.3) is 0 Å². The van der Waals surface area contributed by atoms with Gasteiger partial charge in [0, 0.05) is 53.2 Å². The van der Waals surface area contributed by atoms with E-state index in [4.69, 9.17) is 0 Å². The smallest absolute Gasteiger partial charge is 0.328 e. The van der Waals surface area contributed by atoms with E-state index in [1.807, 2.05) is 27.7 Å². The Balaban J connectivity index is 1.68. The molecule has 1 aliphatic carbocycles. The molecule has 0 bridgehead atoms. The summed E-state index contributed by atoms with van der Waals surface area (Å²) in [6.45, 7) is 8.72. The number of aliphatic carboxylic acids is 1. The SMILES string of the molecule is CC(O)C(NC1=C(/C=C/C2=[N+](CCCS(=O)(=O)O)c3ccc(S(=O)(=O)O)cc3C2(C)C)CCC/C1=C\C=C1/N(CCCS(=O)(=O)O)c2ccc(S(=O)(=O)O)cc2C1(C)C)C(=O)O. The second-order valence-corrected chi connectivity index (χ2v) is 22.5. The summed E-state index contributed by atoms with van der Waals surface area (Å²) in [6.07, 6.45) is 7.02. The molecule has 0 fully saturated rings. The first-order chi connectivity index (χ1) is 28.4. The maximum atomic E-state index is 12.5. The summed E-state index contributed by atoms with van der Waals surface area (Å²) in [6, 6.07) is 6.63. The van der Waals surface area contributed by atoms with Gasteiger partial charge in [0.05, 0.1) is 32.8 Å². The molecular formula is C40H52N3O15S4+. The predicted molar refractivity (Wildman–Crippen MR) is 230 cm³/mol.